The summed E-state index contributed by atoms with van der Waals surface area (Å²) in [6.07, 6.45) is 0.605. The van der Waals surface area contributed by atoms with Gasteiger partial charge in [-0.25, -0.2) is 0 Å². The van der Waals surface area contributed by atoms with E-state index >= 15 is 0 Å². The Morgan fingerprint density at radius 3 is 2.50 bits per heavy atom. The molecule has 8 heteroatoms. The molecular formula is C32H34N3O4S-. The molecule has 0 aromatic heterocycles. The zero-order valence-corrected chi connectivity index (χ0v) is 23.5. The molecular weight excluding hydrogens is 522 g/mol. The molecule has 0 fully saturated rings. The molecule has 40 heavy (non-hydrogen) atoms. The highest BCUT2D eigenvalue weighted by Crippen LogP contribution is 2.35. The highest BCUT2D eigenvalue weighted by Gasteiger charge is 2.28. The van der Waals surface area contributed by atoms with Crippen molar-refractivity contribution in [1.82, 2.24) is 10.6 Å². The van der Waals surface area contributed by atoms with E-state index in [-0.39, 0.29) is 18.4 Å². The fourth-order valence-electron chi connectivity index (χ4n) is 5.14. The standard InChI is InChI=1S/C32H35N3O4S/c1-22(2)33-21-23-12-15-28-29(16-17-39-31(28)18-23)34-32(36)20-30(25-9-4-3-5-10-25)35(40(37)38)27-14-13-24-8-6-7-11-26(24)19-27/h3-15,18-19,22,29-30,33H,16-17,20-21H2,1-2H3,(H,34,36)(H,37,38)/p-1. The molecule has 1 aliphatic heterocycles. The van der Waals surface area contributed by atoms with Crippen LogP contribution < -0.4 is 19.7 Å². The highest BCUT2D eigenvalue weighted by molar-refractivity contribution is 7.80. The Labute approximate surface area is 238 Å². The molecule has 0 radical (unpaired) electrons. The minimum absolute atomic E-state index is 0.0338. The van der Waals surface area contributed by atoms with E-state index in [4.69, 9.17) is 4.74 Å². The van der Waals surface area contributed by atoms with Crippen LogP contribution in [0.4, 0.5) is 5.69 Å². The van der Waals surface area contributed by atoms with Crippen LogP contribution in [0.2, 0.25) is 0 Å². The Kier molecular flexibility index (Phi) is 8.79. The van der Waals surface area contributed by atoms with E-state index < -0.39 is 17.3 Å². The first kappa shape index (κ1) is 27.8. The third-order valence-corrected chi connectivity index (χ3v) is 7.95. The number of nitrogens with one attached hydrogen (secondary N) is 2. The molecule has 3 unspecified atom stereocenters. The largest absolute Gasteiger partial charge is 0.755 e. The lowest BCUT2D eigenvalue weighted by Crippen LogP contribution is -2.37. The molecule has 4 aromatic carbocycles. The molecule has 1 heterocycles. The van der Waals surface area contributed by atoms with Crippen LogP contribution in [0.25, 0.3) is 10.8 Å². The van der Waals surface area contributed by atoms with Crippen LogP contribution in [0.1, 0.15) is 55.5 Å². The molecule has 3 atom stereocenters. The molecule has 208 valence electrons. The van der Waals surface area contributed by atoms with Gasteiger partial charge in [-0.2, -0.15) is 0 Å². The summed E-state index contributed by atoms with van der Waals surface area (Å²) in [5.41, 5.74) is 3.30. The van der Waals surface area contributed by atoms with E-state index in [0.29, 0.717) is 24.8 Å². The Hall–Kier alpha value is -3.72. The molecule has 0 saturated heterocycles. The summed E-state index contributed by atoms with van der Waals surface area (Å²) in [5.74, 6) is 0.547. The second kappa shape index (κ2) is 12.6. The van der Waals surface area contributed by atoms with Gasteiger partial charge in [-0.15, -0.1) is 0 Å². The van der Waals surface area contributed by atoms with E-state index in [0.717, 1.165) is 39.8 Å². The highest BCUT2D eigenvalue weighted by atomic mass is 32.2. The smallest absolute Gasteiger partial charge is 0.222 e. The number of hydrogen-bond donors (Lipinski definition) is 2. The summed E-state index contributed by atoms with van der Waals surface area (Å²) in [5, 5.41) is 8.51. The van der Waals surface area contributed by atoms with Crippen molar-refractivity contribution in [1.29, 1.82) is 0 Å². The van der Waals surface area contributed by atoms with E-state index in [1.165, 1.54) is 4.31 Å². The number of amides is 1. The minimum atomic E-state index is -2.62. The van der Waals surface area contributed by atoms with Crippen molar-refractivity contribution < 1.29 is 18.3 Å². The quantitative estimate of drug-likeness (QED) is 0.244. The monoisotopic (exact) mass is 556 g/mol. The SMILES string of the molecule is CC(C)NCc1ccc2c(c1)OCCC2NC(=O)CC(c1ccccc1)N(c1ccc2ccccc2c1)S(=O)[O-]. The van der Waals surface area contributed by atoms with Gasteiger partial charge in [-0.1, -0.05) is 86.6 Å². The van der Waals surface area contributed by atoms with Crippen molar-refractivity contribution in [2.45, 2.75) is 51.4 Å². The predicted octanol–water partition coefficient (Wildman–Crippen LogP) is 5.71. The van der Waals surface area contributed by atoms with Gasteiger partial charge in [-0.3, -0.25) is 13.3 Å². The van der Waals surface area contributed by atoms with Gasteiger partial charge in [0.1, 0.15) is 5.75 Å². The van der Waals surface area contributed by atoms with Gasteiger partial charge in [-0.05, 0) is 40.1 Å². The number of carbonyl (C=O) groups excluding carboxylic acids is 1. The molecule has 5 rings (SSSR count). The van der Waals surface area contributed by atoms with Crippen molar-refractivity contribution in [2.24, 2.45) is 0 Å². The second-order valence-electron chi connectivity index (χ2n) is 10.4. The van der Waals surface area contributed by atoms with Crippen LogP contribution in [0.3, 0.4) is 0 Å². The lowest BCUT2D eigenvalue weighted by atomic mass is 9.97. The van der Waals surface area contributed by atoms with Gasteiger partial charge in [0.2, 0.25) is 5.91 Å². The van der Waals surface area contributed by atoms with Crippen molar-refractivity contribution in [3.05, 3.63) is 108 Å². The van der Waals surface area contributed by atoms with Gasteiger partial charge in [0.05, 0.1) is 25.1 Å². The van der Waals surface area contributed by atoms with Crippen molar-refractivity contribution in [2.75, 3.05) is 10.9 Å². The number of carbonyl (C=O) groups is 1. The summed E-state index contributed by atoms with van der Waals surface area (Å²) in [4.78, 5) is 13.5. The maximum Gasteiger partial charge on any atom is 0.222 e. The third-order valence-electron chi connectivity index (χ3n) is 7.16. The first-order chi connectivity index (χ1) is 19.4. The van der Waals surface area contributed by atoms with Crippen LogP contribution >= 0.6 is 0 Å². The zero-order valence-electron chi connectivity index (χ0n) is 22.7. The average Bonchev–Trinajstić information content (AvgIpc) is 2.96. The molecule has 2 N–H and O–H groups in total. The number of fused-ring (bicyclic) bond motifs is 2. The summed E-state index contributed by atoms with van der Waals surface area (Å²) < 4.78 is 32.6. The fourth-order valence-corrected chi connectivity index (χ4v) is 5.83. The van der Waals surface area contributed by atoms with E-state index in [2.05, 4.69) is 30.5 Å². The van der Waals surface area contributed by atoms with Gasteiger partial charge in [0, 0.05) is 41.5 Å². The third kappa shape index (κ3) is 6.53. The van der Waals surface area contributed by atoms with Crippen LogP contribution in [0, 0.1) is 0 Å². The van der Waals surface area contributed by atoms with E-state index in [9.17, 15) is 13.6 Å². The van der Waals surface area contributed by atoms with Crippen molar-refractivity contribution in [3.63, 3.8) is 0 Å². The van der Waals surface area contributed by atoms with E-state index in [1.807, 2.05) is 78.9 Å². The molecule has 0 spiro atoms. The van der Waals surface area contributed by atoms with Gasteiger partial charge < -0.3 is 19.9 Å². The summed E-state index contributed by atoms with van der Waals surface area (Å²) in [6, 6.07) is 28.1. The number of nitrogens with zero attached hydrogens (tertiary/aromatic N) is 1. The molecule has 7 nitrogen and oxygen atoms in total. The fraction of sp³-hybridized carbons (Fsp3) is 0.281. The number of hydrogen-bond acceptors (Lipinski definition) is 5. The maximum absolute atomic E-state index is 13.5. The molecule has 0 bridgehead atoms. The number of ether oxygens (including phenoxy) is 1. The van der Waals surface area contributed by atoms with Crippen LogP contribution in [0.15, 0.2) is 91.0 Å². The van der Waals surface area contributed by atoms with Gasteiger partial charge >= 0.3 is 0 Å². The Bertz CT molecular complexity index is 1490. The number of rotatable bonds is 10. The first-order valence-electron chi connectivity index (χ1n) is 13.6. The molecule has 4 aromatic rings. The second-order valence-corrected chi connectivity index (χ2v) is 11.2. The minimum Gasteiger partial charge on any atom is -0.755 e. The Morgan fingerprint density at radius 2 is 1.75 bits per heavy atom. The van der Waals surface area contributed by atoms with Gasteiger partial charge in [0.25, 0.3) is 0 Å². The van der Waals surface area contributed by atoms with Crippen LogP contribution in [-0.2, 0) is 22.6 Å². The first-order valence-corrected chi connectivity index (χ1v) is 14.6. The summed E-state index contributed by atoms with van der Waals surface area (Å²) >= 11 is -2.62. The lowest BCUT2D eigenvalue weighted by molar-refractivity contribution is -0.122. The van der Waals surface area contributed by atoms with Crippen LogP contribution in [0.5, 0.6) is 5.75 Å². The number of anilines is 1. The lowest BCUT2D eigenvalue weighted by Gasteiger charge is -2.35. The summed E-state index contributed by atoms with van der Waals surface area (Å²) in [7, 11) is 0. The Balaban J connectivity index is 1.39. The van der Waals surface area contributed by atoms with Crippen molar-refractivity contribution in [3.8, 4) is 5.75 Å². The average molecular weight is 557 g/mol. The topological polar surface area (TPSA) is 93.7 Å². The number of benzene rings is 4. The molecule has 1 amide bonds. The predicted molar refractivity (Wildman–Crippen MR) is 159 cm³/mol. The molecule has 0 aliphatic carbocycles. The van der Waals surface area contributed by atoms with E-state index in [1.54, 1.807) is 6.07 Å². The Morgan fingerprint density at radius 1 is 1.00 bits per heavy atom. The summed E-state index contributed by atoms with van der Waals surface area (Å²) in [6.45, 7) is 5.44. The normalized spacial score (nSPS) is 16.1. The van der Waals surface area contributed by atoms with Gasteiger partial charge in [0.15, 0.2) is 0 Å². The van der Waals surface area contributed by atoms with Crippen LogP contribution in [-0.4, -0.2) is 27.3 Å². The molecule has 0 saturated carbocycles. The molecule has 1 aliphatic rings. The maximum atomic E-state index is 13.5. The zero-order chi connectivity index (χ0) is 28.1. The van der Waals surface area contributed by atoms with Crippen molar-refractivity contribution >= 4 is 33.6 Å².